The average Bonchev–Trinajstić information content (AvgIpc) is 2.30. The minimum atomic E-state index is -0.0850. The van der Waals surface area contributed by atoms with Crippen LogP contribution in [0.15, 0.2) is 0 Å². The van der Waals surface area contributed by atoms with Crippen LogP contribution in [0.25, 0.3) is 0 Å². The Morgan fingerprint density at radius 1 is 1.18 bits per heavy atom. The highest BCUT2D eigenvalue weighted by Crippen LogP contribution is 2.20. The number of aliphatic hydroxyl groups is 1. The van der Waals surface area contributed by atoms with Gasteiger partial charge in [0.05, 0.1) is 0 Å². The van der Waals surface area contributed by atoms with E-state index >= 15 is 0 Å². The molecule has 0 aromatic carbocycles. The molecule has 0 saturated heterocycles. The molecule has 0 radical (unpaired) electrons. The van der Waals surface area contributed by atoms with Gasteiger partial charge < -0.3 is 15.7 Å². The zero-order chi connectivity index (χ0) is 13.1. The Bertz CT molecular complexity index is 206. The van der Waals surface area contributed by atoms with E-state index in [0.29, 0.717) is 6.54 Å². The summed E-state index contributed by atoms with van der Waals surface area (Å²) in [6, 6.07) is -0.0850. The topological polar surface area (TPSA) is 61.4 Å². The number of carbonyl (C=O) groups excluding carboxylic acids is 1. The van der Waals surface area contributed by atoms with E-state index in [1.54, 1.807) is 0 Å². The minimum absolute atomic E-state index is 0.0451. The number of hydrogen-bond acceptors (Lipinski definition) is 2. The smallest absolute Gasteiger partial charge is 0.314 e. The van der Waals surface area contributed by atoms with E-state index in [4.69, 9.17) is 5.11 Å². The number of unbranched alkanes of at least 4 members (excludes halogenated alkanes) is 2. The second kappa shape index (κ2) is 9.28. The Balaban J connectivity index is 3.60. The third-order valence-corrected chi connectivity index (χ3v) is 2.81. The second-order valence-corrected chi connectivity index (χ2v) is 5.31. The quantitative estimate of drug-likeness (QED) is 0.545. The molecular weight excluding hydrogens is 216 g/mol. The zero-order valence-corrected chi connectivity index (χ0v) is 11.5. The molecule has 0 unspecified atom stereocenters. The fourth-order valence-corrected chi connectivity index (χ4v) is 1.60. The lowest BCUT2D eigenvalue weighted by Crippen LogP contribution is -2.41. The van der Waals surface area contributed by atoms with Crippen molar-refractivity contribution in [1.82, 2.24) is 10.6 Å². The summed E-state index contributed by atoms with van der Waals surface area (Å²) in [6.45, 7) is 7.94. The van der Waals surface area contributed by atoms with Crippen molar-refractivity contribution in [1.29, 1.82) is 0 Å². The largest absolute Gasteiger partial charge is 0.396 e. The van der Waals surface area contributed by atoms with Gasteiger partial charge in [0.1, 0.15) is 0 Å². The summed E-state index contributed by atoms with van der Waals surface area (Å²) in [7, 11) is 0. The molecule has 0 aromatic heterocycles. The van der Waals surface area contributed by atoms with Crippen LogP contribution in [-0.4, -0.2) is 30.8 Å². The van der Waals surface area contributed by atoms with E-state index in [1.807, 2.05) is 0 Å². The molecule has 0 spiro atoms. The highest BCUT2D eigenvalue weighted by atomic mass is 16.2. The number of rotatable bonds is 9. The Kier molecular flexibility index (Phi) is 8.86. The van der Waals surface area contributed by atoms with Gasteiger partial charge in [-0.3, -0.25) is 0 Å². The van der Waals surface area contributed by atoms with Crippen LogP contribution in [0.4, 0.5) is 4.79 Å². The number of urea groups is 1. The van der Waals surface area contributed by atoms with Crippen molar-refractivity contribution in [3.8, 4) is 0 Å². The van der Waals surface area contributed by atoms with Gasteiger partial charge in [-0.2, -0.15) is 0 Å². The summed E-state index contributed by atoms with van der Waals surface area (Å²) in [4.78, 5) is 11.5. The van der Waals surface area contributed by atoms with E-state index in [2.05, 4.69) is 31.4 Å². The molecule has 0 atom stereocenters. The maximum Gasteiger partial charge on any atom is 0.314 e. The molecule has 0 fully saturated rings. The van der Waals surface area contributed by atoms with Gasteiger partial charge in [0.2, 0.25) is 0 Å². The van der Waals surface area contributed by atoms with Crippen molar-refractivity contribution in [3.05, 3.63) is 0 Å². The standard InChI is InChI=1S/C13H28N2O2/c1-4-5-6-9-14-12(17)15-11-13(2,3)8-7-10-16/h16H,4-11H2,1-3H3,(H2,14,15,17). The van der Waals surface area contributed by atoms with Crippen molar-refractivity contribution in [2.75, 3.05) is 19.7 Å². The van der Waals surface area contributed by atoms with Gasteiger partial charge in [-0.1, -0.05) is 33.6 Å². The molecule has 4 heteroatoms. The Hall–Kier alpha value is -0.770. The van der Waals surface area contributed by atoms with Crippen molar-refractivity contribution in [3.63, 3.8) is 0 Å². The number of amides is 2. The molecule has 0 saturated carbocycles. The summed E-state index contributed by atoms with van der Waals surface area (Å²) >= 11 is 0. The van der Waals surface area contributed by atoms with E-state index in [9.17, 15) is 4.79 Å². The van der Waals surface area contributed by atoms with Crippen LogP contribution in [0.3, 0.4) is 0 Å². The molecular formula is C13H28N2O2. The minimum Gasteiger partial charge on any atom is -0.396 e. The molecule has 0 aliphatic heterocycles. The number of carbonyl (C=O) groups is 1. The van der Waals surface area contributed by atoms with Crippen molar-refractivity contribution >= 4 is 6.03 Å². The van der Waals surface area contributed by atoms with Gasteiger partial charge in [0.15, 0.2) is 0 Å². The molecule has 0 aliphatic carbocycles. The van der Waals surface area contributed by atoms with E-state index in [0.717, 1.165) is 38.6 Å². The van der Waals surface area contributed by atoms with Crippen molar-refractivity contribution in [2.24, 2.45) is 5.41 Å². The van der Waals surface area contributed by atoms with Gasteiger partial charge in [-0.05, 0) is 24.7 Å². The normalized spacial score (nSPS) is 11.3. The highest BCUT2D eigenvalue weighted by molar-refractivity contribution is 5.73. The molecule has 102 valence electrons. The van der Waals surface area contributed by atoms with E-state index in [1.165, 1.54) is 0 Å². The first-order valence-electron chi connectivity index (χ1n) is 6.64. The van der Waals surface area contributed by atoms with Crippen LogP contribution in [0.5, 0.6) is 0 Å². The van der Waals surface area contributed by atoms with Crippen molar-refractivity contribution < 1.29 is 9.90 Å². The fraction of sp³-hybridized carbons (Fsp3) is 0.923. The van der Waals surface area contributed by atoms with Crippen molar-refractivity contribution in [2.45, 2.75) is 52.9 Å². The first-order chi connectivity index (χ1) is 8.02. The van der Waals surface area contributed by atoms with E-state index < -0.39 is 0 Å². The molecule has 0 rings (SSSR count). The van der Waals surface area contributed by atoms with Crippen LogP contribution >= 0.6 is 0 Å². The summed E-state index contributed by atoms with van der Waals surface area (Å²) < 4.78 is 0. The number of hydrogen-bond donors (Lipinski definition) is 3. The maximum atomic E-state index is 11.5. The first-order valence-corrected chi connectivity index (χ1v) is 6.64. The van der Waals surface area contributed by atoms with Crippen LogP contribution in [0.2, 0.25) is 0 Å². The van der Waals surface area contributed by atoms with Gasteiger partial charge in [-0.25, -0.2) is 4.79 Å². The molecule has 0 aromatic rings. The average molecular weight is 244 g/mol. The highest BCUT2D eigenvalue weighted by Gasteiger charge is 2.17. The lowest BCUT2D eigenvalue weighted by molar-refractivity contribution is 0.221. The fourth-order valence-electron chi connectivity index (χ4n) is 1.60. The monoisotopic (exact) mass is 244 g/mol. The zero-order valence-electron chi connectivity index (χ0n) is 11.5. The van der Waals surface area contributed by atoms with Crippen LogP contribution in [0, 0.1) is 5.41 Å². The van der Waals surface area contributed by atoms with Gasteiger partial charge >= 0.3 is 6.03 Å². The third kappa shape index (κ3) is 10.1. The third-order valence-electron chi connectivity index (χ3n) is 2.81. The maximum absolute atomic E-state index is 11.5. The van der Waals surface area contributed by atoms with Crippen LogP contribution in [-0.2, 0) is 0 Å². The Morgan fingerprint density at radius 3 is 2.47 bits per heavy atom. The second-order valence-electron chi connectivity index (χ2n) is 5.31. The lowest BCUT2D eigenvalue weighted by Gasteiger charge is -2.24. The Labute approximate surface area is 105 Å². The summed E-state index contributed by atoms with van der Waals surface area (Å²) in [5.41, 5.74) is 0.0451. The number of nitrogens with one attached hydrogen (secondary N) is 2. The molecule has 3 N–H and O–H groups in total. The Morgan fingerprint density at radius 2 is 1.88 bits per heavy atom. The summed E-state index contributed by atoms with van der Waals surface area (Å²) in [5.74, 6) is 0. The molecule has 0 bridgehead atoms. The van der Waals surface area contributed by atoms with Gasteiger partial charge in [0.25, 0.3) is 0 Å². The van der Waals surface area contributed by atoms with Gasteiger partial charge in [-0.15, -0.1) is 0 Å². The molecule has 0 aliphatic rings. The molecule has 4 nitrogen and oxygen atoms in total. The molecule has 2 amide bonds. The predicted octanol–water partition coefficient (Wildman–Crippen LogP) is 2.27. The molecule has 17 heavy (non-hydrogen) atoms. The van der Waals surface area contributed by atoms with Gasteiger partial charge in [0, 0.05) is 19.7 Å². The molecule has 0 heterocycles. The summed E-state index contributed by atoms with van der Waals surface area (Å²) in [5, 5.41) is 14.5. The lowest BCUT2D eigenvalue weighted by atomic mass is 9.88. The summed E-state index contributed by atoms with van der Waals surface area (Å²) in [6.07, 6.45) is 5.06. The van der Waals surface area contributed by atoms with Crippen LogP contribution < -0.4 is 10.6 Å². The first kappa shape index (κ1) is 16.2. The predicted molar refractivity (Wildman–Crippen MR) is 71.0 cm³/mol. The number of aliphatic hydroxyl groups excluding tert-OH is 1. The van der Waals surface area contributed by atoms with Crippen LogP contribution in [0.1, 0.15) is 52.9 Å². The van der Waals surface area contributed by atoms with E-state index in [-0.39, 0.29) is 18.1 Å². The SMILES string of the molecule is CCCCCNC(=O)NCC(C)(C)CCCO.